The predicted octanol–water partition coefficient (Wildman–Crippen LogP) is 3.67. The second-order valence-corrected chi connectivity index (χ2v) is 5.84. The molecule has 0 fully saturated rings. The van der Waals surface area contributed by atoms with E-state index < -0.39 is 11.9 Å². The highest BCUT2D eigenvalue weighted by Gasteiger charge is 2.33. The van der Waals surface area contributed by atoms with Crippen molar-refractivity contribution in [3.63, 3.8) is 0 Å². The van der Waals surface area contributed by atoms with Crippen LogP contribution in [0.4, 0.5) is 13.2 Å². The zero-order valence-corrected chi connectivity index (χ0v) is 13.9. The lowest BCUT2D eigenvalue weighted by molar-refractivity contribution is -0.141. The van der Waals surface area contributed by atoms with Gasteiger partial charge in [-0.05, 0) is 34.9 Å². The number of hydrogen-bond acceptors (Lipinski definition) is 3. The average molecular weight is 361 g/mol. The summed E-state index contributed by atoms with van der Waals surface area (Å²) in [6, 6.07) is 15.7. The monoisotopic (exact) mass is 361 g/mol. The van der Waals surface area contributed by atoms with Crippen molar-refractivity contribution in [2.75, 3.05) is 0 Å². The minimum absolute atomic E-state index is 0.00364. The van der Waals surface area contributed by atoms with Crippen LogP contribution in [0.25, 0.3) is 5.69 Å². The summed E-state index contributed by atoms with van der Waals surface area (Å²) in [7, 11) is 0. The number of nitrogens with one attached hydrogen (secondary N) is 1. The molecule has 0 atom stereocenters. The molecular weight excluding hydrogens is 343 g/mol. The van der Waals surface area contributed by atoms with Crippen molar-refractivity contribution >= 4 is 0 Å². The van der Waals surface area contributed by atoms with Crippen LogP contribution in [0.15, 0.2) is 60.8 Å². The van der Waals surface area contributed by atoms with Crippen molar-refractivity contribution < 1.29 is 18.3 Å². The first-order chi connectivity index (χ1) is 12.5. The number of aliphatic hydroxyl groups excluding tert-OH is 1. The molecule has 0 unspecified atom stereocenters. The van der Waals surface area contributed by atoms with Gasteiger partial charge in [-0.3, -0.25) is 0 Å². The van der Waals surface area contributed by atoms with Gasteiger partial charge < -0.3 is 10.4 Å². The maximum Gasteiger partial charge on any atom is 0.435 e. The van der Waals surface area contributed by atoms with Gasteiger partial charge in [0.2, 0.25) is 0 Å². The van der Waals surface area contributed by atoms with Crippen molar-refractivity contribution in [1.29, 1.82) is 0 Å². The van der Waals surface area contributed by atoms with E-state index in [4.69, 9.17) is 0 Å². The predicted molar refractivity (Wildman–Crippen MR) is 91.5 cm³/mol. The molecule has 7 heteroatoms. The Kier molecular flexibility index (Phi) is 5.39. The fraction of sp³-hybridized carbons (Fsp3) is 0.211. The molecule has 2 N–H and O–H groups in total. The summed E-state index contributed by atoms with van der Waals surface area (Å²) in [6.07, 6.45) is -3.15. The van der Waals surface area contributed by atoms with Gasteiger partial charge in [0, 0.05) is 19.3 Å². The first-order valence-corrected chi connectivity index (χ1v) is 8.08. The second-order valence-electron chi connectivity index (χ2n) is 5.84. The van der Waals surface area contributed by atoms with E-state index in [-0.39, 0.29) is 6.61 Å². The van der Waals surface area contributed by atoms with Crippen molar-refractivity contribution in [3.8, 4) is 5.69 Å². The Bertz CT molecular complexity index is 857. The van der Waals surface area contributed by atoms with Crippen molar-refractivity contribution in [1.82, 2.24) is 15.1 Å². The molecule has 0 amide bonds. The normalized spacial score (nSPS) is 11.7. The molecule has 0 bridgehead atoms. The smallest absolute Gasteiger partial charge is 0.392 e. The maximum absolute atomic E-state index is 12.6. The van der Waals surface area contributed by atoms with Crippen LogP contribution in [0.5, 0.6) is 0 Å². The summed E-state index contributed by atoms with van der Waals surface area (Å²) in [6.45, 7) is 1.22. The van der Waals surface area contributed by atoms with Crippen LogP contribution in [-0.2, 0) is 25.9 Å². The Hall–Kier alpha value is -2.64. The fourth-order valence-electron chi connectivity index (χ4n) is 2.61. The van der Waals surface area contributed by atoms with Gasteiger partial charge in [-0.15, -0.1) is 0 Å². The maximum atomic E-state index is 12.6. The highest BCUT2D eigenvalue weighted by molar-refractivity contribution is 5.34. The van der Waals surface area contributed by atoms with Gasteiger partial charge in [0.1, 0.15) is 0 Å². The molecule has 1 heterocycles. The van der Waals surface area contributed by atoms with Crippen LogP contribution >= 0.6 is 0 Å². The summed E-state index contributed by atoms with van der Waals surface area (Å²) in [5.74, 6) is 0. The Balaban J connectivity index is 1.60. The second kappa shape index (κ2) is 7.72. The Labute approximate surface area is 148 Å². The highest BCUT2D eigenvalue weighted by atomic mass is 19.4. The van der Waals surface area contributed by atoms with Crippen LogP contribution in [0, 0.1) is 0 Å². The van der Waals surface area contributed by atoms with E-state index in [2.05, 4.69) is 10.4 Å². The summed E-state index contributed by atoms with van der Waals surface area (Å²) < 4.78 is 39.0. The lowest BCUT2D eigenvalue weighted by Crippen LogP contribution is -2.14. The van der Waals surface area contributed by atoms with E-state index in [1.807, 2.05) is 36.4 Å². The molecule has 136 valence electrons. The number of benzene rings is 2. The Morgan fingerprint density at radius 2 is 1.62 bits per heavy atom. The van der Waals surface area contributed by atoms with Gasteiger partial charge in [0.25, 0.3) is 0 Å². The molecule has 1 aromatic heterocycles. The van der Waals surface area contributed by atoms with Crippen LogP contribution in [0.2, 0.25) is 0 Å². The number of halogens is 3. The van der Waals surface area contributed by atoms with Gasteiger partial charge >= 0.3 is 6.18 Å². The molecule has 26 heavy (non-hydrogen) atoms. The Morgan fingerprint density at radius 1 is 0.923 bits per heavy atom. The molecule has 0 aliphatic heterocycles. The number of nitrogens with zero attached hydrogens (tertiary/aromatic N) is 2. The van der Waals surface area contributed by atoms with E-state index in [1.165, 1.54) is 10.9 Å². The summed E-state index contributed by atoms with van der Waals surface area (Å²) >= 11 is 0. The average Bonchev–Trinajstić information content (AvgIpc) is 3.13. The van der Waals surface area contributed by atoms with E-state index in [9.17, 15) is 18.3 Å². The zero-order valence-electron chi connectivity index (χ0n) is 13.9. The fourth-order valence-corrected chi connectivity index (χ4v) is 2.61. The van der Waals surface area contributed by atoms with Crippen LogP contribution < -0.4 is 5.32 Å². The van der Waals surface area contributed by atoms with E-state index in [0.29, 0.717) is 18.8 Å². The molecule has 0 aliphatic rings. The first kappa shape index (κ1) is 18.2. The minimum Gasteiger partial charge on any atom is -0.392 e. The number of aromatic nitrogens is 2. The lowest BCUT2D eigenvalue weighted by atomic mass is 10.1. The molecule has 0 radical (unpaired) electrons. The molecule has 0 spiro atoms. The molecule has 2 aromatic carbocycles. The lowest BCUT2D eigenvalue weighted by Gasteiger charge is -2.09. The summed E-state index contributed by atoms with van der Waals surface area (Å²) in [4.78, 5) is 0. The molecule has 3 aromatic rings. The van der Waals surface area contributed by atoms with Crippen LogP contribution in [-0.4, -0.2) is 14.9 Å². The number of alkyl halides is 3. The topological polar surface area (TPSA) is 50.1 Å². The molecule has 0 saturated carbocycles. The summed E-state index contributed by atoms with van der Waals surface area (Å²) in [5, 5.41) is 16.2. The molecule has 3 rings (SSSR count). The van der Waals surface area contributed by atoms with Gasteiger partial charge in [-0.25, -0.2) is 4.68 Å². The van der Waals surface area contributed by atoms with Gasteiger partial charge in [-0.1, -0.05) is 36.4 Å². The highest BCUT2D eigenvalue weighted by Crippen LogP contribution is 2.27. The number of rotatable bonds is 6. The van der Waals surface area contributed by atoms with Crippen molar-refractivity contribution in [2.24, 2.45) is 0 Å². The van der Waals surface area contributed by atoms with E-state index >= 15 is 0 Å². The largest absolute Gasteiger partial charge is 0.435 e. The third kappa shape index (κ3) is 4.30. The molecule has 0 saturated heterocycles. The first-order valence-electron chi connectivity index (χ1n) is 8.08. The SMILES string of the molecule is OCc1ccccc1CNCc1ccc(-n2ccc(C(F)(F)F)n2)cc1. The molecular formula is C19H18F3N3O. The number of aliphatic hydroxyl groups is 1. The van der Waals surface area contributed by atoms with Gasteiger partial charge in [0.15, 0.2) is 5.69 Å². The minimum atomic E-state index is -4.44. The van der Waals surface area contributed by atoms with Crippen LogP contribution in [0.3, 0.4) is 0 Å². The number of hydrogen-bond donors (Lipinski definition) is 2. The van der Waals surface area contributed by atoms with E-state index in [1.54, 1.807) is 12.1 Å². The van der Waals surface area contributed by atoms with E-state index in [0.717, 1.165) is 22.8 Å². The van der Waals surface area contributed by atoms with Crippen molar-refractivity contribution in [2.45, 2.75) is 25.9 Å². The van der Waals surface area contributed by atoms with Crippen LogP contribution in [0.1, 0.15) is 22.4 Å². The molecule has 0 aliphatic carbocycles. The van der Waals surface area contributed by atoms with Gasteiger partial charge in [0.05, 0.1) is 12.3 Å². The van der Waals surface area contributed by atoms with Gasteiger partial charge in [-0.2, -0.15) is 18.3 Å². The third-order valence-corrected chi connectivity index (χ3v) is 4.01. The zero-order chi connectivity index (χ0) is 18.6. The Morgan fingerprint density at radius 3 is 2.23 bits per heavy atom. The quantitative estimate of drug-likeness (QED) is 0.704. The third-order valence-electron chi connectivity index (χ3n) is 4.01. The molecule has 4 nitrogen and oxygen atoms in total. The van der Waals surface area contributed by atoms with Crippen molar-refractivity contribution in [3.05, 3.63) is 83.2 Å². The summed E-state index contributed by atoms with van der Waals surface area (Å²) in [5.41, 5.74) is 2.57. The standard InChI is InChI=1S/C19H18F3N3O/c20-19(21,22)18-9-10-25(24-18)17-7-5-14(6-8-17)11-23-12-15-3-1-2-4-16(15)13-26/h1-10,23,26H,11-13H2.